The number of aliphatic imine (C=N–C) groups is 1. The van der Waals surface area contributed by atoms with Crippen molar-refractivity contribution in [2.75, 3.05) is 9.80 Å². The molecule has 0 amide bonds. The fraction of sp³-hybridized carbons (Fsp3) is 0.123. The van der Waals surface area contributed by atoms with Crippen LogP contribution in [0, 0.1) is 64.9 Å². The number of nitrogens with zero attached hydrogens (tertiary/aromatic N) is 4. The summed E-state index contributed by atoms with van der Waals surface area (Å²) < 4.78 is 6.14. The van der Waals surface area contributed by atoms with Gasteiger partial charge in [0.1, 0.15) is 5.52 Å². The van der Waals surface area contributed by atoms with Crippen LogP contribution in [0.3, 0.4) is 0 Å². The quantitative estimate of drug-likeness (QED) is 0.107. The predicted octanol–water partition coefficient (Wildman–Crippen LogP) is 15.4. The molecule has 5 nitrogen and oxygen atoms in total. The molecule has 1 aromatic heterocycles. The summed E-state index contributed by atoms with van der Waals surface area (Å²) in [6.45, 7) is 13.4. The molecule has 0 atom stereocenters. The summed E-state index contributed by atoms with van der Waals surface area (Å²) in [4.78, 5) is 14.0. The van der Waals surface area contributed by atoms with E-state index in [-0.39, 0.29) is 36.5 Å². The summed E-state index contributed by atoms with van der Waals surface area (Å²) in [5.74, 6) is 0.617. The van der Waals surface area contributed by atoms with Crippen LogP contribution in [0.1, 0.15) is 52.8 Å². The molecule has 0 bridgehead atoms. The molecule has 1 heterocycles. The number of oxazole rings is 1. The molecule has 0 radical (unpaired) electrons. The molecule has 0 fully saturated rings. The molecule has 0 aliphatic heterocycles. The van der Waals surface area contributed by atoms with Gasteiger partial charge in [-0.05, 0) is 163 Å². The first-order valence-corrected chi connectivity index (χ1v) is 21.1. The second kappa shape index (κ2) is 17.0. The van der Waals surface area contributed by atoms with E-state index in [9.17, 15) is 0 Å². The monoisotopic (exact) mass is 1040 g/mol. The van der Waals surface area contributed by atoms with E-state index in [0.29, 0.717) is 5.89 Å². The summed E-state index contributed by atoms with van der Waals surface area (Å²) in [7, 11) is 0. The molecule has 63 heavy (non-hydrogen) atoms. The topological polar surface area (TPSA) is 44.9 Å². The second-order valence-corrected chi connectivity index (χ2v) is 17.0. The Balaban J connectivity index is 0.00000504. The van der Waals surface area contributed by atoms with E-state index >= 15 is 0 Å². The van der Waals surface area contributed by atoms with Crippen molar-refractivity contribution in [1.82, 2.24) is 4.98 Å². The molecule has 8 aromatic carbocycles. The molecule has 304 valence electrons. The Bertz CT molecular complexity index is 3080. The van der Waals surface area contributed by atoms with Crippen LogP contribution in [-0.2, 0) is 5.41 Å². The maximum absolute atomic E-state index is 6.14. The molecule has 9 aromatic rings. The van der Waals surface area contributed by atoms with Crippen molar-refractivity contribution in [3.63, 3.8) is 0 Å². The Labute approximate surface area is 394 Å². The van der Waals surface area contributed by atoms with Crippen LogP contribution < -0.4 is 9.80 Å². The molecule has 6 heteroatoms. The van der Waals surface area contributed by atoms with Crippen LogP contribution in [0.5, 0.6) is 0 Å². The van der Waals surface area contributed by atoms with Gasteiger partial charge >= 0.3 is 31.1 Å². The second-order valence-electron chi connectivity index (χ2n) is 17.0. The van der Waals surface area contributed by atoms with Crippen molar-refractivity contribution in [2.24, 2.45) is 4.99 Å². The fourth-order valence-electron chi connectivity index (χ4n) is 9.06. The van der Waals surface area contributed by atoms with Gasteiger partial charge in [0.15, 0.2) is 5.58 Å². The molecule has 0 N–H and O–H groups in total. The minimum atomic E-state index is -0.278. The average molecular weight is 1040 g/mol. The normalized spacial score (nSPS) is 12.5. The van der Waals surface area contributed by atoms with Crippen molar-refractivity contribution in [1.29, 1.82) is 0 Å². The van der Waals surface area contributed by atoms with E-state index in [1.807, 2.05) is 48.5 Å². The van der Waals surface area contributed by atoms with Gasteiger partial charge in [0.25, 0.3) is 0 Å². The van der Waals surface area contributed by atoms with Crippen molar-refractivity contribution in [2.45, 2.75) is 47.0 Å². The first kappa shape index (κ1) is 41.9. The van der Waals surface area contributed by atoms with Crippen molar-refractivity contribution < 1.29 is 35.5 Å². The Kier molecular flexibility index (Phi) is 11.3. The third-order valence-corrected chi connectivity index (χ3v) is 11.9. The van der Waals surface area contributed by atoms with Crippen LogP contribution in [0.4, 0.5) is 39.8 Å². The minimum absolute atomic E-state index is 0. The van der Waals surface area contributed by atoms with Gasteiger partial charge in [0.2, 0.25) is 5.89 Å². The van der Waals surface area contributed by atoms with E-state index in [4.69, 9.17) is 9.40 Å². The van der Waals surface area contributed by atoms with Gasteiger partial charge in [-0.3, -0.25) is 0 Å². The number of aryl methyl sites for hydroxylation is 4. The first-order valence-electron chi connectivity index (χ1n) is 21.1. The molecule has 0 unspecified atom stereocenters. The standard InChI is InChI=1S/C57H46N4O.U/c1-37-28-38(2)31-48(30-37)60(44-20-16-41(17-21-44)36-58-43-12-8-7-9-13-43)46-24-26-50-51-27-25-47(35-53(51)57(5,6)52(50)34-46)61(49-32-39(3)29-40(4)33-49)45-22-18-42(19-23-45)56-59-54-14-10-11-15-55(54)62-56;/h7-12,14-35H,1-6H3;/q-2;+2. The van der Waals surface area contributed by atoms with Gasteiger partial charge in [-0.2, -0.15) is 24.3 Å². The van der Waals surface area contributed by atoms with Crippen molar-refractivity contribution >= 4 is 57.1 Å². The maximum Gasteiger partial charge on any atom is 2.00 e. The minimum Gasteiger partial charge on any atom is -0.436 e. The molecule has 0 saturated heterocycles. The van der Waals surface area contributed by atoms with E-state index in [1.54, 1.807) is 0 Å². The van der Waals surface area contributed by atoms with Crippen LogP contribution in [0.25, 0.3) is 33.7 Å². The number of hydrogen-bond donors (Lipinski definition) is 0. The molecule has 10 rings (SSSR count). The molecule has 0 saturated carbocycles. The van der Waals surface area contributed by atoms with Gasteiger partial charge in [0.05, 0.1) is 0 Å². The van der Waals surface area contributed by atoms with Gasteiger partial charge in [-0.15, -0.1) is 23.4 Å². The number of fused-ring (bicyclic) bond motifs is 4. The van der Waals surface area contributed by atoms with E-state index in [0.717, 1.165) is 62.0 Å². The maximum atomic E-state index is 6.14. The van der Waals surface area contributed by atoms with E-state index in [2.05, 4.69) is 190 Å². The Morgan fingerprint density at radius 2 is 1.05 bits per heavy atom. The zero-order valence-corrected chi connectivity index (χ0v) is 40.5. The van der Waals surface area contributed by atoms with Crippen LogP contribution in [0.2, 0.25) is 0 Å². The molecular weight excluding hydrogens is 995 g/mol. The summed E-state index contributed by atoms with van der Waals surface area (Å²) in [5.41, 5.74) is 20.5. The summed E-state index contributed by atoms with van der Waals surface area (Å²) >= 11 is 0. The third kappa shape index (κ3) is 8.18. The summed E-state index contributed by atoms with van der Waals surface area (Å²) in [6, 6.07) is 63.2. The number of rotatable bonds is 9. The summed E-state index contributed by atoms with van der Waals surface area (Å²) in [6.07, 6.45) is 3.20. The first-order chi connectivity index (χ1) is 30.1. The van der Waals surface area contributed by atoms with Crippen LogP contribution >= 0.6 is 0 Å². The summed E-state index contributed by atoms with van der Waals surface area (Å²) in [5, 5.41) is 0. The van der Waals surface area contributed by atoms with Gasteiger partial charge < -0.3 is 19.2 Å². The zero-order valence-electron chi connectivity index (χ0n) is 36.4. The van der Waals surface area contributed by atoms with Gasteiger partial charge in [-0.25, -0.2) is 11.1 Å². The van der Waals surface area contributed by atoms with Crippen molar-refractivity contribution in [3.8, 4) is 22.6 Å². The van der Waals surface area contributed by atoms with Gasteiger partial charge in [0, 0.05) is 45.1 Å². The molecular formula is C57H46N4OU. The Hall–Kier alpha value is -6.45. The molecule has 1 aliphatic carbocycles. The number of aromatic nitrogens is 1. The number of benzene rings is 8. The van der Waals surface area contributed by atoms with Crippen LogP contribution in [0.15, 0.2) is 179 Å². The van der Waals surface area contributed by atoms with E-state index < -0.39 is 0 Å². The predicted molar refractivity (Wildman–Crippen MR) is 257 cm³/mol. The zero-order chi connectivity index (χ0) is 42.5. The third-order valence-electron chi connectivity index (χ3n) is 11.9. The largest absolute Gasteiger partial charge is 2.00 e. The molecule has 0 spiro atoms. The smallest absolute Gasteiger partial charge is 0.436 e. The molecule has 1 aliphatic rings. The fourth-order valence-corrected chi connectivity index (χ4v) is 9.06. The average Bonchev–Trinajstić information content (AvgIpc) is 3.80. The number of anilines is 6. The Morgan fingerprint density at radius 3 is 1.57 bits per heavy atom. The van der Waals surface area contributed by atoms with Crippen molar-refractivity contribution in [3.05, 3.63) is 215 Å². The SMILES string of the molecule is Cc1cc(C)cc(N(c2ccc([C-]=Nc3[c-]cccc3)cc2)c2ccc3c(c2)C(C)(C)c2cc(N(c4ccc(-c5nc6ccccc6o5)cc4)c4cc(C)cc(C)c4)ccc2-3)c1.[U+2]. The van der Waals surface area contributed by atoms with E-state index in [1.165, 1.54) is 44.5 Å². The Morgan fingerprint density at radius 1 is 0.540 bits per heavy atom. The van der Waals surface area contributed by atoms with Gasteiger partial charge in [-0.1, -0.05) is 62.4 Å². The number of hydrogen-bond acceptors (Lipinski definition) is 5. The van der Waals surface area contributed by atoms with Crippen LogP contribution in [-0.4, -0.2) is 11.2 Å². The number of para-hydroxylation sites is 3.